The van der Waals surface area contributed by atoms with Crippen LogP contribution in [0.15, 0.2) is 24.3 Å². The summed E-state index contributed by atoms with van der Waals surface area (Å²) in [5.74, 6) is 0.924. The standard InChI is InChI=1S/C9H11N2O/c1-10(2)11-7-12-9-6-4-3-5-8(9)11/h3-6H,1,7H2,2H3/q+1. The molecule has 1 aliphatic heterocycles. The van der Waals surface area contributed by atoms with Crippen molar-refractivity contribution in [2.75, 3.05) is 18.8 Å². The zero-order valence-electron chi connectivity index (χ0n) is 7.03. The number of nitrogens with zero attached hydrogens (tertiary/aromatic N) is 2. The van der Waals surface area contributed by atoms with Gasteiger partial charge in [0.05, 0.1) is 0 Å². The van der Waals surface area contributed by atoms with Gasteiger partial charge in [-0.15, -0.1) is 9.69 Å². The fourth-order valence-corrected chi connectivity index (χ4v) is 1.28. The predicted molar refractivity (Wildman–Crippen MR) is 47.7 cm³/mol. The molecule has 0 atom stereocenters. The first-order valence-electron chi connectivity index (χ1n) is 3.82. The van der Waals surface area contributed by atoms with E-state index in [-0.39, 0.29) is 0 Å². The van der Waals surface area contributed by atoms with E-state index in [1.54, 1.807) is 4.68 Å². The molecular weight excluding hydrogens is 152 g/mol. The van der Waals surface area contributed by atoms with E-state index in [1.807, 2.05) is 36.3 Å². The van der Waals surface area contributed by atoms with Crippen LogP contribution in [0.2, 0.25) is 0 Å². The summed E-state index contributed by atoms with van der Waals surface area (Å²) in [6.07, 6.45) is 0. The second-order valence-corrected chi connectivity index (χ2v) is 2.80. The smallest absolute Gasteiger partial charge is 0.216 e. The van der Waals surface area contributed by atoms with Gasteiger partial charge in [-0.1, -0.05) is 12.1 Å². The minimum absolute atomic E-state index is 0.555. The van der Waals surface area contributed by atoms with Gasteiger partial charge in [0.1, 0.15) is 5.69 Å². The van der Waals surface area contributed by atoms with Crippen molar-refractivity contribution >= 4 is 12.4 Å². The van der Waals surface area contributed by atoms with Crippen LogP contribution in [0.3, 0.4) is 0 Å². The van der Waals surface area contributed by atoms with E-state index in [9.17, 15) is 0 Å². The quantitative estimate of drug-likeness (QED) is 0.455. The van der Waals surface area contributed by atoms with Crippen molar-refractivity contribution in [3.05, 3.63) is 24.3 Å². The Hall–Kier alpha value is -1.51. The van der Waals surface area contributed by atoms with Crippen LogP contribution in [0.25, 0.3) is 0 Å². The maximum atomic E-state index is 5.42. The highest BCUT2D eigenvalue weighted by atomic mass is 16.5. The van der Waals surface area contributed by atoms with Gasteiger partial charge >= 0.3 is 0 Å². The third kappa shape index (κ3) is 0.942. The average Bonchev–Trinajstić information content (AvgIpc) is 2.47. The molecule has 1 aliphatic rings. The van der Waals surface area contributed by atoms with Crippen LogP contribution >= 0.6 is 0 Å². The lowest BCUT2D eigenvalue weighted by Gasteiger charge is -2.07. The van der Waals surface area contributed by atoms with E-state index in [2.05, 4.69) is 6.72 Å². The van der Waals surface area contributed by atoms with Gasteiger partial charge < -0.3 is 4.74 Å². The molecular formula is C9H11N2O+. The first-order chi connectivity index (χ1) is 5.79. The predicted octanol–water partition coefficient (Wildman–Crippen LogP) is 1.10. The molecule has 3 nitrogen and oxygen atoms in total. The number of anilines is 1. The minimum Gasteiger partial charge on any atom is -0.465 e. The van der Waals surface area contributed by atoms with E-state index in [0.29, 0.717) is 6.73 Å². The van der Waals surface area contributed by atoms with Gasteiger partial charge in [0.2, 0.25) is 6.73 Å². The number of rotatable bonds is 1. The van der Waals surface area contributed by atoms with Crippen LogP contribution < -0.4 is 9.75 Å². The van der Waals surface area contributed by atoms with E-state index >= 15 is 0 Å². The van der Waals surface area contributed by atoms with Gasteiger partial charge in [-0.3, -0.25) is 0 Å². The number of hydrogen-bond acceptors (Lipinski definition) is 2. The van der Waals surface area contributed by atoms with Gasteiger partial charge in [-0.2, -0.15) is 0 Å². The summed E-state index contributed by atoms with van der Waals surface area (Å²) in [7, 11) is 1.89. The summed E-state index contributed by atoms with van der Waals surface area (Å²) in [6, 6.07) is 7.93. The molecule has 1 heterocycles. The molecule has 3 heteroatoms. The van der Waals surface area contributed by atoms with Gasteiger partial charge in [-0.05, 0) is 12.1 Å². The molecule has 0 N–H and O–H groups in total. The summed E-state index contributed by atoms with van der Waals surface area (Å²) >= 11 is 0. The first-order valence-corrected chi connectivity index (χ1v) is 3.82. The Labute approximate surface area is 71.5 Å². The van der Waals surface area contributed by atoms with Crippen LogP contribution in [-0.2, 0) is 0 Å². The Balaban J connectivity index is 2.42. The molecule has 1 aromatic rings. The highest BCUT2D eigenvalue weighted by Gasteiger charge is 2.24. The zero-order chi connectivity index (χ0) is 8.55. The Bertz CT molecular complexity index is 322. The van der Waals surface area contributed by atoms with Crippen LogP contribution in [-0.4, -0.2) is 25.2 Å². The highest BCUT2D eigenvalue weighted by molar-refractivity contribution is 5.59. The summed E-state index contributed by atoms with van der Waals surface area (Å²) in [4.78, 5) is 0. The monoisotopic (exact) mass is 163 g/mol. The summed E-state index contributed by atoms with van der Waals surface area (Å²) in [5, 5.41) is 1.97. The summed E-state index contributed by atoms with van der Waals surface area (Å²) < 4.78 is 7.19. The molecule has 0 spiro atoms. The van der Waals surface area contributed by atoms with Crippen molar-refractivity contribution in [2.24, 2.45) is 0 Å². The number of hydrazone groups is 1. The SMILES string of the molecule is C=[N+](C)N1COc2ccccc21. The lowest BCUT2D eigenvalue weighted by Crippen LogP contribution is -2.30. The molecule has 0 saturated carbocycles. The van der Waals surface area contributed by atoms with Crippen molar-refractivity contribution in [3.63, 3.8) is 0 Å². The van der Waals surface area contributed by atoms with Crippen LogP contribution in [0.4, 0.5) is 5.69 Å². The Morgan fingerprint density at radius 1 is 1.50 bits per heavy atom. The molecule has 0 fully saturated rings. The zero-order valence-corrected chi connectivity index (χ0v) is 7.03. The molecule has 0 saturated heterocycles. The van der Waals surface area contributed by atoms with E-state index in [4.69, 9.17) is 4.74 Å². The number of benzene rings is 1. The van der Waals surface area contributed by atoms with Crippen molar-refractivity contribution in [2.45, 2.75) is 0 Å². The van der Waals surface area contributed by atoms with E-state index < -0.39 is 0 Å². The van der Waals surface area contributed by atoms with Crippen LogP contribution in [0.5, 0.6) is 5.75 Å². The number of hydrazine groups is 1. The Kier molecular flexibility index (Phi) is 1.50. The molecule has 0 aliphatic carbocycles. The normalized spacial score (nSPS) is 13.9. The van der Waals surface area contributed by atoms with Gasteiger partial charge in [0, 0.05) is 0 Å². The minimum atomic E-state index is 0.555. The molecule has 2 rings (SSSR count). The van der Waals surface area contributed by atoms with Gasteiger partial charge in [-0.25, -0.2) is 0 Å². The second kappa shape index (κ2) is 2.52. The van der Waals surface area contributed by atoms with Crippen molar-refractivity contribution in [3.8, 4) is 5.75 Å². The number of ether oxygens (including phenoxy) is 1. The molecule has 12 heavy (non-hydrogen) atoms. The van der Waals surface area contributed by atoms with E-state index in [0.717, 1.165) is 11.4 Å². The summed E-state index contributed by atoms with van der Waals surface area (Å²) in [5.41, 5.74) is 1.08. The largest absolute Gasteiger partial charge is 0.465 e. The molecule has 0 bridgehead atoms. The lowest BCUT2D eigenvalue weighted by atomic mass is 10.3. The van der Waals surface area contributed by atoms with Crippen LogP contribution in [0.1, 0.15) is 0 Å². The number of hydrogen-bond donors (Lipinski definition) is 0. The number of para-hydroxylation sites is 2. The van der Waals surface area contributed by atoms with Gasteiger partial charge in [0.15, 0.2) is 19.5 Å². The maximum Gasteiger partial charge on any atom is 0.216 e. The Morgan fingerprint density at radius 3 is 3.00 bits per heavy atom. The maximum absolute atomic E-state index is 5.42. The molecule has 1 aromatic carbocycles. The number of fused-ring (bicyclic) bond motifs is 1. The lowest BCUT2D eigenvalue weighted by molar-refractivity contribution is -0.504. The van der Waals surface area contributed by atoms with Crippen molar-refractivity contribution in [1.29, 1.82) is 0 Å². The van der Waals surface area contributed by atoms with Crippen LogP contribution in [0, 0.1) is 0 Å². The van der Waals surface area contributed by atoms with Crippen molar-refractivity contribution in [1.82, 2.24) is 0 Å². The third-order valence-corrected chi connectivity index (χ3v) is 1.90. The highest BCUT2D eigenvalue weighted by Crippen LogP contribution is 2.32. The van der Waals surface area contributed by atoms with Crippen molar-refractivity contribution < 1.29 is 9.42 Å². The molecule has 0 amide bonds. The van der Waals surface area contributed by atoms with Gasteiger partial charge in [0.25, 0.3) is 0 Å². The first kappa shape index (κ1) is 7.16. The molecule has 62 valence electrons. The second-order valence-electron chi connectivity index (χ2n) is 2.80. The average molecular weight is 163 g/mol. The van der Waals surface area contributed by atoms with E-state index in [1.165, 1.54) is 0 Å². The topological polar surface area (TPSA) is 15.5 Å². The molecule has 0 aromatic heterocycles. The molecule has 0 radical (unpaired) electrons. The summed E-state index contributed by atoms with van der Waals surface area (Å²) in [6.45, 7) is 4.35. The fraction of sp³-hybridized carbons (Fsp3) is 0.222. The third-order valence-electron chi connectivity index (χ3n) is 1.90. The fourth-order valence-electron chi connectivity index (χ4n) is 1.28. The Morgan fingerprint density at radius 2 is 2.25 bits per heavy atom. The molecule has 0 unspecified atom stereocenters.